The molecule has 2 N–H and O–H groups in total. The van der Waals surface area contributed by atoms with Crippen molar-refractivity contribution >= 4 is 23.2 Å². The zero-order chi connectivity index (χ0) is 15.1. The highest BCUT2D eigenvalue weighted by molar-refractivity contribution is 5.95. The van der Waals surface area contributed by atoms with Gasteiger partial charge >= 0.3 is 0 Å². The number of amides is 2. The monoisotopic (exact) mass is 277 g/mol. The standard InChI is InChI=1S/C15H23N3O2/c1-5-18(6-2)13-7-8-14(11(3)9-13)17-15(20)10-16-12(4)19/h7-9H,5-6,10H2,1-4H3,(H,16,19)(H,17,20). The number of nitrogens with one attached hydrogen (secondary N) is 2. The van der Waals surface area contributed by atoms with Gasteiger partial charge in [-0.2, -0.15) is 0 Å². The molecule has 0 spiro atoms. The molecular weight excluding hydrogens is 254 g/mol. The number of benzene rings is 1. The number of carbonyl (C=O) groups is 2. The van der Waals surface area contributed by atoms with Gasteiger partial charge in [-0.05, 0) is 44.5 Å². The summed E-state index contributed by atoms with van der Waals surface area (Å²) < 4.78 is 0. The fraction of sp³-hybridized carbons (Fsp3) is 0.467. The average molecular weight is 277 g/mol. The van der Waals surface area contributed by atoms with Crippen LogP contribution in [0, 0.1) is 6.92 Å². The lowest BCUT2D eigenvalue weighted by atomic mass is 10.1. The molecule has 0 saturated heterocycles. The minimum Gasteiger partial charge on any atom is -0.372 e. The third-order valence-corrected chi connectivity index (χ3v) is 3.11. The molecule has 0 atom stereocenters. The van der Waals surface area contributed by atoms with E-state index in [9.17, 15) is 9.59 Å². The number of hydrogen-bond donors (Lipinski definition) is 2. The molecule has 0 saturated carbocycles. The van der Waals surface area contributed by atoms with Crippen LogP contribution in [0.4, 0.5) is 11.4 Å². The third-order valence-electron chi connectivity index (χ3n) is 3.11. The van der Waals surface area contributed by atoms with E-state index < -0.39 is 0 Å². The Labute approximate surface area is 120 Å². The number of aryl methyl sites for hydroxylation is 1. The second-order valence-corrected chi connectivity index (χ2v) is 4.63. The number of nitrogens with zero attached hydrogens (tertiary/aromatic N) is 1. The first-order valence-corrected chi connectivity index (χ1v) is 6.87. The van der Waals surface area contributed by atoms with Gasteiger partial charge in [0.25, 0.3) is 0 Å². The van der Waals surface area contributed by atoms with Crippen LogP contribution >= 0.6 is 0 Å². The van der Waals surface area contributed by atoms with Crippen molar-refractivity contribution in [3.63, 3.8) is 0 Å². The Bertz CT molecular complexity index is 482. The maximum atomic E-state index is 11.7. The fourth-order valence-electron chi connectivity index (χ4n) is 1.97. The van der Waals surface area contributed by atoms with Crippen LogP contribution in [0.1, 0.15) is 26.3 Å². The number of rotatable bonds is 6. The van der Waals surface area contributed by atoms with Crippen molar-refractivity contribution in [2.75, 3.05) is 29.9 Å². The van der Waals surface area contributed by atoms with E-state index in [4.69, 9.17) is 0 Å². The summed E-state index contributed by atoms with van der Waals surface area (Å²) in [7, 11) is 0. The van der Waals surface area contributed by atoms with Crippen molar-refractivity contribution in [2.45, 2.75) is 27.7 Å². The van der Waals surface area contributed by atoms with Gasteiger partial charge in [0.2, 0.25) is 11.8 Å². The average Bonchev–Trinajstić information content (AvgIpc) is 2.41. The van der Waals surface area contributed by atoms with Crippen molar-refractivity contribution < 1.29 is 9.59 Å². The molecule has 1 aromatic rings. The lowest BCUT2D eigenvalue weighted by Crippen LogP contribution is -2.31. The maximum Gasteiger partial charge on any atom is 0.243 e. The molecule has 0 aliphatic carbocycles. The van der Waals surface area contributed by atoms with Crippen LogP contribution in [0.25, 0.3) is 0 Å². The van der Waals surface area contributed by atoms with Gasteiger partial charge in [-0.15, -0.1) is 0 Å². The fourth-order valence-corrected chi connectivity index (χ4v) is 1.97. The quantitative estimate of drug-likeness (QED) is 0.835. The SMILES string of the molecule is CCN(CC)c1ccc(NC(=O)CNC(C)=O)c(C)c1. The van der Waals surface area contributed by atoms with Crippen molar-refractivity contribution in [3.05, 3.63) is 23.8 Å². The van der Waals surface area contributed by atoms with Gasteiger partial charge in [-0.3, -0.25) is 9.59 Å². The molecule has 0 fully saturated rings. The Balaban J connectivity index is 2.73. The molecule has 0 unspecified atom stereocenters. The van der Waals surface area contributed by atoms with Crippen molar-refractivity contribution in [2.24, 2.45) is 0 Å². The van der Waals surface area contributed by atoms with Gasteiger partial charge in [0.05, 0.1) is 6.54 Å². The van der Waals surface area contributed by atoms with Crippen LogP contribution in [0.5, 0.6) is 0 Å². The molecule has 2 amide bonds. The number of carbonyl (C=O) groups excluding carboxylic acids is 2. The van der Waals surface area contributed by atoms with Crippen LogP contribution in [-0.2, 0) is 9.59 Å². The zero-order valence-corrected chi connectivity index (χ0v) is 12.6. The highest BCUT2D eigenvalue weighted by Crippen LogP contribution is 2.22. The summed E-state index contributed by atoms with van der Waals surface area (Å²) in [6, 6.07) is 5.95. The Hall–Kier alpha value is -2.04. The van der Waals surface area contributed by atoms with Gasteiger partial charge < -0.3 is 15.5 Å². The van der Waals surface area contributed by atoms with Crippen molar-refractivity contribution in [1.82, 2.24) is 5.32 Å². The van der Waals surface area contributed by atoms with Gasteiger partial charge in [0.15, 0.2) is 0 Å². The summed E-state index contributed by atoms with van der Waals surface area (Å²) in [4.78, 5) is 24.7. The molecule has 0 aliphatic rings. The van der Waals surface area contributed by atoms with Crippen LogP contribution in [0.3, 0.4) is 0 Å². The lowest BCUT2D eigenvalue weighted by molar-refractivity contribution is -0.122. The van der Waals surface area contributed by atoms with Gasteiger partial charge in [-0.25, -0.2) is 0 Å². The predicted octanol–water partition coefficient (Wildman–Crippen LogP) is 1.92. The highest BCUT2D eigenvalue weighted by atomic mass is 16.2. The Morgan fingerprint density at radius 3 is 2.35 bits per heavy atom. The first kappa shape index (κ1) is 16.0. The van der Waals surface area contributed by atoms with E-state index in [0.29, 0.717) is 0 Å². The van der Waals surface area contributed by atoms with Gasteiger partial charge in [0.1, 0.15) is 0 Å². The van der Waals surface area contributed by atoms with Crippen LogP contribution in [-0.4, -0.2) is 31.4 Å². The summed E-state index contributed by atoms with van der Waals surface area (Å²) >= 11 is 0. The molecule has 0 aliphatic heterocycles. The summed E-state index contributed by atoms with van der Waals surface area (Å²) in [6.07, 6.45) is 0. The van der Waals surface area contributed by atoms with Crippen LogP contribution in [0.15, 0.2) is 18.2 Å². The molecule has 1 rings (SSSR count). The lowest BCUT2D eigenvalue weighted by Gasteiger charge is -2.22. The summed E-state index contributed by atoms with van der Waals surface area (Å²) in [6.45, 7) is 9.46. The minimum absolute atomic E-state index is 0.00737. The van der Waals surface area contributed by atoms with Gasteiger partial charge in [-0.1, -0.05) is 0 Å². The summed E-state index contributed by atoms with van der Waals surface area (Å²) in [5.74, 6) is -0.437. The van der Waals surface area contributed by atoms with Crippen LogP contribution < -0.4 is 15.5 Å². The normalized spacial score (nSPS) is 10.0. The molecule has 110 valence electrons. The Morgan fingerprint density at radius 2 is 1.85 bits per heavy atom. The van der Waals surface area contributed by atoms with Crippen molar-refractivity contribution in [1.29, 1.82) is 0 Å². The van der Waals surface area contributed by atoms with E-state index in [0.717, 1.165) is 30.0 Å². The Kier molecular flexibility index (Phi) is 6.03. The molecule has 0 heterocycles. The summed E-state index contributed by atoms with van der Waals surface area (Å²) in [5.41, 5.74) is 2.93. The third kappa shape index (κ3) is 4.57. The molecule has 0 radical (unpaired) electrons. The summed E-state index contributed by atoms with van der Waals surface area (Å²) in [5, 5.41) is 5.27. The van der Waals surface area contributed by atoms with Crippen LogP contribution in [0.2, 0.25) is 0 Å². The molecule has 0 aromatic heterocycles. The highest BCUT2D eigenvalue weighted by Gasteiger charge is 2.08. The second kappa shape index (κ2) is 7.53. The first-order chi connectivity index (χ1) is 9.47. The van der Waals surface area contributed by atoms with Crippen molar-refractivity contribution in [3.8, 4) is 0 Å². The molecule has 20 heavy (non-hydrogen) atoms. The zero-order valence-electron chi connectivity index (χ0n) is 12.6. The molecule has 1 aromatic carbocycles. The topological polar surface area (TPSA) is 61.4 Å². The van der Waals surface area contributed by atoms with Gasteiger partial charge in [0, 0.05) is 31.4 Å². The van der Waals surface area contributed by atoms with E-state index >= 15 is 0 Å². The largest absolute Gasteiger partial charge is 0.372 e. The second-order valence-electron chi connectivity index (χ2n) is 4.63. The van der Waals surface area contributed by atoms with E-state index in [2.05, 4.69) is 35.4 Å². The van der Waals surface area contributed by atoms with E-state index in [1.54, 1.807) is 0 Å². The smallest absolute Gasteiger partial charge is 0.243 e. The predicted molar refractivity (Wildman–Crippen MR) is 82.1 cm³/mol. The van der Waals surface area contributed by atoms with E-state index in [1.165, 1.54) is 6.92 Å². The maximum absolute atomic E-state index is 11.7. The number of hydrogen-bond acceptors (Lipinski definition) is 3. The molecular formula is C15H23N3O2. The molecule has 5 heteroatoms. The van der Waals surface area contributed by atoms with E-state index in [1.807, 2.05) is 19.1 Å². The first-order valence-electron chi connectivity index (χ1n) is 6.87. The Morgan fingerprint density at radius 1 is 1.20 bits per heavy atom. The van der Waals surface area contributed by atoms with E-state index in [-0.39, 0.29) is 18.4 Å². The minimum atomic E-state index is -0.223. The molecule has 5 nitrogen and oxygen atoms in total. The molecule has 0 bridgehead atoms. The number of anilines is 2.